The maximum absolute atomic E-state index is 12.5. The monoisotopic (exact) mass is 308 g/mol. The van der Waals surface area contributed by atoms with E-state index >= 15 is 0 Å². The summed E-state index contributed by atoms with van der Waals surface area (Å²) in [6, 6.07) is 4.00. The third-order valence-electron chi connectivity index (χ3n) is 3.51. The number of aliphatic hydroxyl groups excluding tert-OH is 1. The van der Waals surface area contributed by atoms with E-state index in [9.17, 15) is 9.90 Å². The van der Waals surface area contributed by atoms with Gasteiger partial charge in [0.25, 0.3) is 5.91 Å². The summed E-state index contributed by atoms with van der Waals surface area (Å²) in [5.41, 5.74) is 0. The second-order valence-corrected chi connectivity index (χ2v) is 6.93. The van der Waals surface area contributed by atoms with Gasteiger partial charge in [-0.25, -0.2) is 4.98 Å². The molecule has 1 unspecified atom stereocenters. The fraction of sp³-hybridized carbons (Fsp3) is 0.429. The van der Waals surface area contributed by atoms with Crippen LogP contribution in [0, 0.1) is 5.92 Å². The molecule has 0 aromatic carbocycles. The van der Waals surface area contributed by atoms with Crippen molar-refractivity contribution >= 4 is 28.6 Å². The zero-order chi connectivity index (χ0) is 13.9. The van der Waals surface area contributed by atoms with Crippen molar-refractivity contribution in [1.82, 2.24) is 9.88 Å². The van der Waals surface area contributed by atoms with E-state index < -0.39 is 0 Å². The van der Waals surface area contributed by atoms with Crippen LogP contribution in [0.15, 0.2) is 23.7 Å². The molecule has 1 saturated heterocycles. The second kappa shape index (κ2) is 6.03. The normalized spacial score (nSPS) is 19.2. The molecule has 0 saturated carbocycles. The molecule has 0 aliphatic carbocycles. The van der Waals surface area contributed by atoms with E-state index in [0.717, 1.165) is 29.3 Å². The second-order valence-electron chi connectivity index (χ2n) is 4.95. The van der Waals surface area contributed by atoms with Crippen LogP contribution in [0.3, 0.4) is 0 Å². The van der Waals surface area contributed by atoms with E-state index in [2.05, 4.69) is 4.98 Å². The Bertz CT molecular complexity index is 580. The van der Waals surface area contributed by atoms with Crippen LogP contribution in [0.2, 0.25) is 0 Å². The number of thiophene rings is 1. The van der Waals surface area contributed by atoms with E-state index in [1.54, 1.807) is 17.5 Å². The summed E-state index contributed by atoms with van der Waals surface area (Å²) in [5, 5.41) is 12.2. The number of aliphatic hydroxyl groups is 1. The first-order valence-electron chi connectivity index (χ1n) is 6.68. The summed E-state index contributed by atoms with van der Waals surface area (Å²) in [7, 11) is 0. The van der Waals surface area contributed by atoms with Crippen LogP contribution in [0.5, 0.6) is 0 Å². The minimum absolute atomic E-state index is 0.0449. The van der Waals surface area contributed by atoms with Crippen molar-refractivity contribution in [2.75, 3.05) is 19.7 Å². The van der Waals surface area contributed by atoms with Crippen LogP contribution in [0.25, 0.3) is 9.88 Å². The molecule has 2 aromatic rings. The first kappa shape index (κ1) is 13.7. The van der Waals surface area contributed by atoms with Crippen molar-refractivity contribution in [3.8, 4) is 9.88 Å². The van der Waals surface area contributed by atoms with Crippen molar-refractivity contribution in [3.05, 3.63) is 28.6 Å². The van der Waals surface area contributed by atoms with Gasteiger partial charge in [-0.2, -0.15) is 0 Å². The van der Waals surface area contributed by atoms with Crippen molar-refractivity contribution < 1.29 is 9.90 Å². The Morgan fingerprint density at radius 2 is 2.45 bits per heavy atom. The van der Waals surface area contributed by atoms with Gasteiger partial charge >= 0.3 is 0 Å². The maximum Gasteiger partial charge on any atom is 0.265 e. The van der Waals surface area contributed by atoms with Crippen LogP contribution in [0.1, 0.15) is 22.5 Å². The number of hydrogen-bond donors (Lipinski definition) is 1. The molecule has 1 atom stereocenters. The molecule has 0 bridgehead atoms. The van der Waals surface area contributed by atoms with Gasteiger partial charge in [0.1, 0.15) is 9.88 Å². The Hall–Kier alpha value is -1.24. The summed E-state index contributed by atoms with van der Waals surface area (Å²) in [6.45, 7) is 1.59. The molecular weight excluding hydrogens is 292 g/mol. The van der Waals surface area contributed by atoms with E-state index in [0.29, 0.717) is 11.4 Å². The molecule has 1 amide bonds. The highest BCUT2D eigenvalue weighted by Crippen LogP contribution is 2.30. The van der Waals surface area contributed by atoms with E-state index in [1.165, 1.54) is 11.3 Å². The molecular formula is C14H16N2O2S2. The predicted molar refractivity (Wildman–Crippen MR) is 81.1 cm³/mol. The number of rotatable bonds is 3. The van der Waals surface area contributed by atoms with E-state index in [1.807, 2.05) is 22.4 Å². The van der Waals surface area contributed by atoms with E-state index in [4.69, 9.17) is 0 Å². The zero-order valence-electron chi connectivity index (χ0n) is 11.0. The number of nitrogens with zero attached hydrogens (tertiary/aromatic N) is 2. The lowest BCUT2D eigenvalue weighted by Gasteiger charge is -2.31. The summed E-state index contributed by atoms with van der Waals surface area (Å²) in [5.74, 6) is 0.265. The van der Waals surface area contributed by atoms with Crippen molar-refractivity contribution in [2.45, 2.75) is 12.8 Å². The lowest BCUT2D eigenvalue weighted by Crippen LogP contribution is -2.40. The Labute approximate surface area is 125 Å². The fourth-order valence-corrected chi connectivity index (χ4v) is 4.13. The molecule has 3 heterocycles. The molecule has 1 N–H and O–H groups in total. The molecule has 1 aliphatic rings. The van der Waals surface area contributed by atoms with Gasteiger partial charge in [0, 0.05) is 19.7 Å². The van der Waals surface area contributed by atoms with Gasteiger partial charge < -0.3 is 10.0 Å². The molecule has 6 heteroatoms. The molecule has 2 aromatic heterocycles. The molecule has 0 radical (unpaired) electrons. The van der Waals surface area contributed by atoms with Gasteiger partial charge in [-0.15, -0.1) is 22.7 Å². The van der Waals surface area contributed by atoms with Gasteiger partial charge in [-0.3, -0.25) is 4.79 Å². The van der Waals surface area contributed by atoms with E-state index in [-0.39, 0.29) is 18.4 Å². The minimum atomic E-state index is 0.0449. The quantitative estimate of drug-likeness (QED) is 0.948. The molecule has 1 aliphatic heterocycles. The van der Waals surface area contributed by atoms with Crippen molar-refractivity contribution in [2.24, 2.45) is 5.92 Å². The maximum atomic E-state index is 12.5. The van der Waals surface area contributed by atoms with Crippen LogP contribution in [-0.4, -0.2) is 40.6 Å². The standard InChI is InChI=1S/C14H16N2O2S2/c17-9-10-3-1-5-16(8-10)14(18)12-7-15-13(20-12)11-4-2-6-19-11/h2,4,6-7,10,17H,1,3,5,8-9H2. The number of carbonyl (C=O) groups excluding carboxylic acids is 1. The molecule has 4 nitrogen and oxygen atoms in total. The predicted octanol–water partition coefficient (Wildman–Crippen LogP) is 2.72. The lowest BCUT2D eigenvalue weighted by molar-refractivity contribution is 0.0625. The third-order valence-corrected chi connectivity index (χ3v) is 5.54. The largest absolute Gasteiger partial charge is 0.396 e. The molecule has 3 rings (SSSR count). The highest BCUT2D eigenvalue weighted by atomic mass is 32.1. The SMILES string of the molecule is O=C(c1cnc(-c2cccs2)s1)N1CCCC(CO)C1. The van der Waals surface area contributed by atoms with Crippen LogP contribution < -0.4 is 0 Å². The zero-order valence-corrected chi connectivity index (χ0v) is 12.6. The highest BCUT2D eigenvalue weighted by Gasteiger charge is 2.25. The van der Waals surface area contributed by atoms with Gasteiger partial charge in [-0.1, -0.05) is 6.07 Å². The Morgan fingerprint density at radius 1 is 1.55 bits per heavy atom. The smallest absolute Gasteiger partial charge is 0.265 e. The number of piperidine rings is 1. The average Bonchev–Trinajstić information content (AvgIpc) is 3.17. The van der Waals surface area contributed by atoms with Gasteiger partial charge in [0.05, 0.1) is 11.1 Å². The van der Waals surface area contributed by atoms with Gasteiger partial charge in [0.2, 0.25) is 0 Å². The molecule has 1 fully saturated rings. The first-order chi connectivity index (χ1) is 9.78. The first-order valence-corrected chi connectivity index (χ1v) is 8.37. The molecule has 0 spiro atoms. The summed E-state index contributed by atoms with van der Waals surface area (Å²) in [6.07, 6.45) is 3.64. The third kappa shape index (κ3) is 2.77. The number of amides is 1. The van der Waals surface area contributed by atoms with Crippen LogP contribution >= 0.6 is 22.7 Å². The minimum Gasteiger partial charge on any atom is -0.396 e. The summed E-state index contributed by atoms with van der Waals surface area (Å²) in [4.78, 5) is 20.4. The van der Waals surface area contributed by atoms with Crippen molar-refractivity contribution in [1.29, 1.82) is 0 Å². The lowest BCUT2D eigenvalue weighted by atomic mass is 9.99. The number of carbonyl (C=O) groups is 1. The van der Waals surface area contributed by atoms with Crippen molar-refractivity contribution in [3.63, 3.8) is 0 Å². The topological polar surface area (TPSA) is 53.4 Å². The van der Waals surface area contributed by atoms with Crippen LogP contribution in [-0.2, 0) is 0 Å². The Kier molecular flexibility index (Phi) is 4.14. The number of hydrogen-bond acceptors (Lipinski definition) is 5. The summed E-state index contributed by atoms with van der Waals surface area (Å²) < 4.78 is 0. The highest BCUT2D eigenvalue weighted by molar-refractivity contribution is 7.21. The molecule has 20 heavy (non-hydrogen) atoms. The van der Waals surface area contributed by atoms with Crippen LogP contribution in [0.4, 0.5) is 0 Å². The number of aromatic nitrogens is 1. The fourth-order valence-electron chi connectivity index (χ4n) is 2.44. The number of likely N-dealkylation sites (tertiary alicyclic amines) is 1. The van der Waals surface area contributed by atoms with Gasteiger partial charge in [0.15, 0.2) is 0 Å². The molecule has 106 valence electrons. The summed E-state index contributed by atoms with van der Waals surface area (Å²) >= 11 is 3.08. The van der Waals surface area contributed by atoms with Gasteiger partial charge in [-0.05, 0) is 30.2 Å². The number of thiazole rings is 1. The Morgan fingerprint density at radius 3 is 3.20 bits per heavy atom. The average molecular weight is 308 g/mol. The Balaban J connectivity index is 1.74.